The minimum absolute atomic E-state index is 0.0387. The van der Waals surface area contributed by atoms with Crippen LogP contribution < -0.4 is 0 Å². The largest absolute Gasteiger partial charge is 0.374 e. The van der Waals surface area contributed by atoms with Gasteiger partial charge in [0.05, 0.1) is 11.4 Å². The Labute approximate surface area is 176 Å². The molecule has 0 fully saturated rings. The molecule has 0 radical (unpaired) electrons. The van der Waals surface area contributed by atoms with E-state index in [1.807, 2.05) is 6.92 Å². The Morgan fingerprint density at radius 3 is 2.72 bits per heavy atom. The molecule has 1 aromatic heterocycles. The molecule has 4 rings (SSSR count). The van der Waals surface area contributed by atoms with Gasteiger partial charge in [0.25, 0.3) is 0 Å². The summed E-state index contributed by atoms with van der Waals surface area (Å²) >= 11 is 1.75. The molecular formula is C23H26N4OS. The summed E-state index contributed by atoms with van der Waals surface area (Å²) in [6, 6.07) is 17.0. The lowest BCUT2D eigenvalue weighted by Crippen LogP contribution is -2.10. The van der Waals surface area contributed by atoms with Gasteiger partial charge in [-0.1, -0.05) is 43.7 Å². The Morgan fingerprint density at radius 1 is 1.07 bits per heavy atom. The van der Waals surface area contributed by atoms with Crippen LogP contribution in [0.5, 0.6) is 0 Å². The molecule has 1 aliphatic rings. The molecule has 0 saturated carbocycles. The van der Waals surface area contributed by atoms with Gasteiger partial charge in [0.1, 0.15) is 12.6 Å². The molecule has 0 spiro atoms. The maximum Gasteiger partial charge on any atom is 0.163 e. The smallest absolute Gasteiger partial charge is 0.163 e. The summed E-state index contributed by atoms with van der Waals surface area (Å²) < 4.78 is 7.83. The molecule has 29 heavy (non-hydrogen) atoms. The third-order valence-electron chi connectivity index (χ3n) is 5.08. The number of hydrogen-bond acceptors (Lipinski definition) is 5. The molecule has 1 aliphatic heterocycles. The van der Waals surface area contributed by atoms with Crippen molar-refractivity contribution in [1.82, 2.24) is 14.8 Å². The molecule has 3 aromatic rings. The lowest BCUT2D eigenvalue weighted by Gasteiger charge is -2.14. The molecule has 0 amide bonds. The van der Waals surface area contributed by atoms with Crippen LogP contribution in [0.15, 0.2) is 58.4 Å². The molecule has 2 aromatic carbocycles. The molecule has 6 heteroatoms. The number of nitrogens with zero attached hydrogens (tertiary/aromatic N) is 4. The molecule has 0 saturated heterocycles. The minimum atomic E-state index is -0.0387. The molecular weight excluding hydrogens is 380 g/mol. The molecule has 1 atom stereocenters. The summed E-state index contributed by atoms with van der Waals surface area (Å²) in [5.41, 5.74) is 4.32. The van der Waals surface area contributed by atoms with E-state index in [9.17, 15) is 0 Å². The van der Waals surface area contributed by atoms with Gasteiger partial charge in [-0.25, -0.2) is 0 Å². The van der Waals surface area contributed by atoms with Gasteiger partial charge in [-0.05, 0) is 37.8 Å². The van der Waals surface area contributed by atoms with Crippen molar-refractivity contribution >= 4 is 17.5 Å². The number of thioether (sulfide) groups is 1. The standard InChI is InChI=1S/C23H26N4OS/c1-4-9-19-23-26-25-21(15-28-5-2)27(23)20-13-7-6-12-18(20)22(24-19)16-10-8-11-17(14-16)29-3/h6-8,10-14,19H,4-5,9,15H2,1-3H3. The number of aliphatic imine (C=N–C) groups is 1. The van der Waals surface area contributed by atoms with Crippen LogP contribution in [-0.4, -0.2) is 33.3 Å². The lowest BCUT2D eigenvalue weighted by atomic mass is 10.0. The third kappa shape index (κ3) is 3.87. The van der Waals surface area contributed by atoms with E-state index < -0.39 is 0 Å². The first-order valence-electron chi connectivity index (χ1n) is 10.1. The van der Waals surface area contributed by atoms with Crippen molar-refractivity contribution in [2.24, 2.45) is 4.99 Å². The molecule has 2 heterocycles. The van der Waals surface area contributed by atoms with Crippen LogP contribution in [0.1, 0.15) is 55.5 Å². The summed E-state index contributed by atoms with van der Waals surface area (Å²) in [6.07, 6.45) is 4.05. The van der Waals surface area contributed by atoms with Crippen molar-refractivity contribution in [3.63, 3.8) is 0 Å². The zero-order valence-electron chi connectivity index (χ0n) is 17.1. The number of fused-ring (bicyclic) bond motifs is 3. The van der Waals surface area contributed by atoms with Crippen molar-refractivity contribution in [2.75, 3.05) is 12.9 Å². The Hall–Kier alpha value is -2.44. The fourth-order valence-electron chi connectivity index (χ4n) is 3.71. The summed E-state index contributed by atoms with van der Waals surface area (Å²) in [5, 5.41) is 9.00. The number of hydrogen-bond donors (Lipinski definition) is 0. The SMILES string of the molecule is CCCC1N=C(c2cccc(SC)c2)c2ccccc2-n2c(COCC)nnc21. The van der Waals surface area contributed by atoms with Crippen LogP contribution in [0.2, 0.25) is 0 Å². The van der Waals surface area contributed by atoms with Gasteiger partial charge in [0.15, 0.2) is 11.6 Å². The number of para-hydroxylation sites is 1. The van der Waals surface area contributed by atoms with Gasteiger partial charge >= 0.3 is 0 Å². The summed E-state index contributed by atoms with van der Waals surface area (Å²) in [7, 11) is 0. The number of benzene rings is 2. The molecule has 0 N–H and O–H groups in total. The predicted octanol–water partition coefficient (Wildman–Crippen LogP) is 5.22. The fraction of sp³-hybridized carbons (Fsp3) is 0.348. The van der Waals surface area contributed by atoms with Crippen LogP contribution >= 0.6 is 11.8 Å². The van der Waals surface area contributed by atoms with Crippen molar-refractivity contribution in [1.29, 1.82) is 0 Å². The first-order chi connectivity index (χ1) is 14.3. The maximum absolute atomic E-state index is 5.67. The van der Waals surface area contributed by atoms with E-state index in [1.54, 1.807) is 11.8 Å². The van der Waals surface area contributed by atoms with Gasteiger partial charge in [-0.15, -0.1) is 22.0 Å². The van der Waals surface area contributed by atoms with Crippen LogP contribution in [-0.2, 0) is 11.3 Å². The summed E-state index contributed by atoms with van der Waals surface area (Å²) in [4.78, 5) is 6.46. The number of ether oxygens (including phenoxy) is 1. The molecule has 0 aliphatic carbocycles. The highest BCUT2D eigenvalue weighted by molar-refractivity contribution is 7.98. The number of rotatable bonds is 7. The highest BCUT2D eigenvalue weighted by Gasteiger charge is 2.28. The first-order valence-corrected chi connectivity index (χ1v) is 11.3. The second-order valence-corrected chi connectivity index (χ2v) is 7.86. The molecule has 150 valence electrons. The third-order valence-corrected chi connectivity index (χ3v) is 5.80. The Balaban J connectivity index is 1.93. The molecule has 1 unspecified atom stereocenters. The van der Waals surface area contributed by atoms with Gasteiger partial charge < -0.3 is 4.74 Å². The van der Waals surface area contributed by atoms with Gasteiger partial charge in [0.2, 0.25) is 0 Å². The van der Waals surface area contributed by atoms with Gasteiger partial charge in [-0.3, -0.25) is 9.56 Å². The highest BCUT2D eigenvalue weighted by Crippen LogP contribution is 2.33. The monoisotopic (exact) mass is 406 g/mol. The highest BCUT2D eigenvalue weighted by atomic mass is 32.2. The quantitative estimate of drug-likeness (QED) is 0.505. The number of aromatic nitrogens is 3. The van der Waals surface area contributed by atoms with Crippen molar-refractivity contribution < 1.29 is 4.74 Å². The van der Waals surface area contributed by atoms with Crippen LogP contribution in [0, 0.1) is 0 Å². The zero-order valence-corrected chi connectivity index (χ0v) is 17.9. The van der Waals surface area contributed by atoms with Crippen molar-refractivity contribution in [3.05, 3.63) is 71.3 Å². The van der Waals surface area contributed by atoms with E-state index in [-0.39, 0.29) is 6.04 Å². The van der Waals surface area contributed by atoms with Crippen LogP contribution in [0.4, 0.5) is 0 Å². The fourth-order valence-corrected chi connectivity index (χ4v) is 4.17. The topological polar surface area (TPSA) is 52.3 Å². The van der Waals surface area contributed by atoms with E-state index in [4.69, 9.17) is 9.73 Å². The van der Waals surface area contributed by atoms with E-state index in [2.05, 4.69) is 76.5 Å². The Kier molecular flexibility index (Phi) is 6.11. The summed E-state index contributed by atoms with van der Waals surface area (Å²) in [6.45, 7) is 5.26. The Bertz CT molecular complexity index is 1030. The predicted molar refractivity (Wildman–Crippen MR) is 118 cm³/mol. The summed E-state index contributed by atoms with van der Waals surface area (Å²) in [5.74, 6) is 1.72. The van der Waals surface area contributed by atoms with Crippen LogP contribution in [0.3, 0.4) is 0 Å². The van der Waals surface area contributed by atoms with E-state index in [0.717, 1.165) is 47.0 Å². The average molecular weight is 407 g/mol. The lowest BCUT2D eigenvalue weighted by molar-refractivity contribution is 0.127. The van der Waals surface area contributed by atoms with E-state index >= 15 is 0 Å². The second-order valence-electron chi connectivity index (χ2n) is 6.98. The van der Waals surface area contributed by atoms with Crippen LogP contribution in [0.25, 0.3) is 5.69 Å². The average Bonchev–Trinajstić information content (AvgIpc) is 3.13. The van der Waals surface area contributed by atoms with Gasteiger partial charge in [-0.2, -0.15) is 0 Å². The van der Waals surface area contributed by atoms with E-state index in [0.29, 0.717) is 13.2 Å². The van der Waals surface area contributed by atoms with E-state index in [1.165, 1.54) is 4.90 Å². The zero-order chi connectivity index (χ0) is 20.2. The van der Waals surface area contributed by atoms with Crippen molar-refractivity contribution in [2.45, 2.75) is 44.2 Å². The second kappa shape index (κ2) is 8.93. The van der Waals surface area contributed by atoms with Gasteiger partial charge in [0, 0.05) is 22.6 Å². The minimum Gasteiger partial charge on any atom is -0.374 e. The molecule has 5 nitrogen and oxygen atoms in total. The maximum atomic E-state index is 5.67. The normalized spacial score (nSPS) is 15.4. The van der Waals surface area contributed by atoms with Crippen molar-refractivity contribution in [3.8, 4) is 5.69 Å². The molecule has 0 bridgehead atoms. The first kappa shape index (κ1) is 19.9. The Morgan fingerprint density at radius 2 is 1.93 bits per heavy atom.